The van der Waals surface area contributed by atoms with Crippen molar-refractivity contribution in [3.63, 3.8) is 0 Å². The molecular formula is C7H15N3O2S. The number of rotatable bonds is 1. The highest BCUT2D eigenvalue weighted by Gasteiger charge is 2.42. The van der Waals surface area contributed by atoms with Gasteiger partial charge in [0.05, 0.1) is 6.04 Å². The molecule has 0 saturated carbocycles. The van der Waals surface area contributed by atoms with Crippen molar-refractivity contribution in [1.29, 1.82) is 0 Å². The van der Waals surface area contributed by atoms with Crippen LogP contribution < -0.4 is 10.0 Å². The standard InChI is InChI=1S/C7H15N3O2S/c1-8-6-3-2-4-10-7(6)5-9-13(10,11)12/h6-9H,2-5H2,1H3. The van der Waals surface area contributed by atoms with Gasteiger partial charge in [0.15, 0.2) is 0 Å². The normalized spacial score (nSPS) is 38.8. The van der Waals surface area contributed by atoms with Gasteiger partial charge in [-0.15, -0.1) is 0 Å². The number of nitrogens with one attached hydrogen (secondary N) is 2. The molecule has 0 bridgehead atoms. The Morgan fingerprint density at radius 1 is 1.54 bits per heavy atom. The second-order valence-corrected chi connectivity index (χ2v) is 5.28. The maximum atomic E-state index is 11.4. The first-order valence-electron chi connectivity index (χ1n) is 4.59. The van der Waals surface area contributed by atoms with Crippen molar-refractivity contribution in [3.8, 4) is 0 Å². The molecule has 2 N–H and O–H groups in total. The van der Waals surface area contributed by atoms with Crippen molar-refractivity contribution in [2.75, 3.05) is 20.1 Å². The van der Waals surface area contributed by atoms with E-state index in [4.69, 9.17) is 0 Å². The summed E-state index contributed by atoms with van der Waals surface area (Å²) in [5.41, 5.74) is 0. The van der Waals surface area contributed by atoms with Crippen LogP contribution in [-0.2, 0) is 10.2 Å². The van der Waals surface area contributed by atoms with Crippen LogP contribution in [0.2, 0.25) is 0 Å². The zero-order valence-electron chi connectivity index (χ0n) is 7.66. The summed E-state index contributed by atoms with van der Waals surface area (Å²) in [5.74, 6) is 0. The third kappa shape index (κ3) is 1.48. The van der Waals surface area contributed by atoms with Crippen LogP contribution in [0.4, 0.5) is 0 Å². The molecule has 13 heavy (non-hydrogen) atoms. The van der Waals surface area contributed by atoms with E-state index in [9.17, 15) is 8.42 Å². The van der Waals surface area contributed by atoms with Crippen LogP contribution in [0.1, 0.15) is 12.8 Å². The van der Waals surface area contributed by atoms with Crippen LogP contribution >= 0.6 is 0 Å². The molecule has 76 valence electrons. The van der Waals surface area contributed by atoms with Crippen molar-refractivity contribution in [2.45, 2.75) is 24.9 Å². The lowest BCUT2D eigenvalue weighted by atomic mass is 9.99. The van der Waals surface area contributed by atoms with Crippen LogP contribution in [0.15, 0.2) is 0 Å². The monoisotopic (exact) mass is 205 g/mol. The lowest BCUT2D eigenvalue weighted by Crippen LogP contribution is -2.51. The third-order valence-corrected chi connectivity index (χ3v) is 4.48. The van der Waals surface area contributed by atoms with Gasteiger partial charge in [-0.3, -0.25) is 0 Å². The summed E-state index contributed by atoms with van der Waals surface area (Å²) in [4.78, 5) is 0. The quantitative estimate of drug-likeness (QED) is 0.570. The highest BCUT2D eigenvalue weighted by atomic mass is 32.2. The Hall–Kier alpha value is -0.170. The molecular weight excluding hydrogens is 190 g/mol. The summed E-state index contributed by atoms with van der Waals surface area (Å²) in [6.45, 7) is 1.21. The zero-order chi connectivity index (χ0) is 9.47. The van der Waals surface area contributed by atoms with Gasteiger partial charge in [0.25, 0.3) is 10.2 Å². The number of hydrogen-bond acceptors (Lipinski definition) is 3. The minimum Gasteiger partial charge on any atom is -0.315 e. The molecule has 0 amide bonds. The fourth-order valence-electron chi connectivity index (χ4n) is 2.18. The van der Waals surface area contributed by atoms with E-state index >= 15 is 0 Å². The highest BCUT2D eigenvalue weighted by Crippen LogP contribution is 2.23. The van der Waals surface area contributed by atoms with Crippen molar-refractivity contribution in [3.05, 3.63) is 0 Å². The van der Waals surface area contributed by atoms with E-state index in [-0.39, 0.29) is 6.04 Å². The lowest BCUT2D eigenvalue weighted by molar-refractivity contribution is 0.226. The molecule has 0 aliphatic carbocycles. The number of hydrogen-bond donors (Lipinski definition) is 2. The minimum atomic E-state index is -3.15. The van der Waals surface area contributed by atoms with Crippen molar-refractivity contribution < 1.29 is 8.42 Å². The van der Waals surface area contributed by atoms with Gasteiger partial charge >= 0.3 is 0 Å². The average Bonchev–Trinajstić information content (AvgIpc) is 2.43. The van der Waals surface area contributed by atoms with Gasteiger partial charge in [0, 0.05) is 19.1 Å². The maximum absolute atomic E-state index is 11.4. The summed E-state index contributed by atoms with van der Waals surface area (Å²) < 4.78 is 27.0. The molecule has 2 rings (SSSR count). The first-order chi connectivity index (χ1) is 6.15. The Kier molecular flexibility index (Phi) is 2.31. The summed E-state index contributed by atoms with van der Waals surface area (Å²) >= 11 is 0. The van der Waals surface area contributed by atoms with Crippen molar-refractivity contribution >= 4 is 10.2 Å². The van der Waals surface area contributed by atoms with Crippen LogP contribution in [0.5, 0.6) is 0 Å². The number of piperidine rings is 1. The second-order valence-electron chi connectivity index (χ2n) is 3.57. The molecule has 6 heteroatoms. The minimum absolute atomic E-state index is 0.115. The number of fused-ring (bicyclic) bond motifs is 1. The first kappa shape index (κ1) is 9.39. The molecule has 2 atom stereocenters. The number of likely N-dealkylation sites (N-methyl/N-ethyl adjacent to an activating group) is 1. The van der Waals surface area contributed by atoms with E-state index in [0.717, 1.165) is 12.8 Å². The van der Waals surface area contributed by atoms with Gasteiger partial charge in [-0.25, -0.2) is 4.72 Å². The summed E-state index contributed by atoms with van der Waals surface area (Å²) in [6, 6.07) is 0.419. The molecule has 0 aromatic rings. The molecule has 2 saturated heterocycles. The predicted octanol–water partition coefficient (Wildman–Crippen LogP) is -1.11. The average molecular weight is 205 g/mol. The Morgan fingerprint density at radius 2 is 2.31 bits per heavy atom. The van der Waals surface area contributed by atoms with E-state index in [0.29, 0.717) is 19.1 Å². The second kappa shape index (κ2) is 3.20. The molecule has 0 aromatic carbocycles. The Labute approximate surface area is 78.7 Å². The first-order valence-corrected chi connectivity index (χ1v) is 6.03. The molecule has 0 radical (unpaired) electrons. The molecule has 0 spiro atoms. The van der Waals surface area contributed by atoms with Crippen molar-refractivity contribution in [2.24, 2.45) is 0 Å². The predicted molar refractivity (Wildman–Crippen MR) is 49.5 cm³/mol. The van der Waals surface area contributed by atoms with Crippen molar-refractivity contribution in [1.82, 2.24) is 14.3 Å². The van der Waals surface area contributed by atoms with Crippen LogP contribution in [0, 0.1) is 0 Å². The van der Waals surface area contributed by atoms with Gasteiger partial charge < -0.3 is 5.32 Å². The molecule has 0 aromatic heterocycles. The van der Waals surface area contributed by atoms with Crippen LogP contribution in [-0.4, -0.2) is 44.9 Å². The summed E-state index contributed by atoms with van der Waals surface area (Å²) in [7, 11) is -1.26. The van der Waals surface area contributed by atoms with E-state index in [1.165, 1.54) is 0 Å². The topological polar surface area (TPSA) is 61.4 Å². The summed E-state index contributed by atoms with van der Waals surface area (Å²) in [5, 5.41) is 3.17. The molecule has 5 nitrogen and oxygen atoms in total. The van der Waals surface area contributed by atoms with Crippen LogP contribution in [0.3, 0.4) is 0 Å². The van der Waals surface area contributed by atoms with E-state index in [2.05, 4.69) is 10.0 Å². The van der Waals surface area contributed by atoms with E-state index in [1.807, 2.05) is 7.05 Å². The largest absolute Gasteiger partial charge is 0.315 e. The van der Waals surface area contributed by atoms with Gasteiger partial charge in [-0.05, 0) is 19.9 Å². The van der Waals surface area contributed by atoms with Gasteiger partial charge in [-0.2, -0.15) is 12.7 Å². The van der Waals surface area contributed by atoms with Gasteiger partial charge in [0.1, 0.15) is 0 Å². The molecule has 2 unspecified atom stereocenters. The molecule has 2 aliphatic heterocycles. The third-order valence-electron chi connectivity index (χ3n) is 2.88. The van der Waals surface area contributed by atoms with Gasteiger partial charge in [-0.1, -0.05) is 0 Å². The van der Waals surface area contributed by atoms with E-state index in [1.54, 1.807) is 4.31 Å². The lowest BCUT2D eigenvalue weighted by Gasteiger charge is -2.33. The SMILES string of the molecule is CNC1CCCN2C1CNS2(=O)=O. The number of nitrogens with zero attached hydrogens (tertiary/aromatic N) is 1. The van der Waals surface area contributed by atoms with Crippen LogP contribution in [0.25, 0.3) is 0 Å². The smallest absolute Gasteiger partial charge is 0.279 e. The molecule has 2 heterocycles. The maximum Gasteiger partial charge on any atom is 0.279 e. The Bertz CT molecular complexity index is 290. The fourth-order valence-corrected chi connectivity index (χ4v) is 3.67. The molecule has 2 fully saturated rings. The zero-order valence-corrected chi connectivity index (χ0v) is 8.47. The Morgan fingerprint density at radius 3 is 3.00 bits per heavy atom. The van der Waals surface area contributed by atoms with E-state index < -0.39 is 10.2 Å². The van der Waals surface area contributed by atoms with Gasteiger partial charge in [0.2, 0.25) is 0 Å². The Balaban J connectivity index is 2.21. The summed E-state index contributed by atoms with van der Waals surface area (Å²) in [6.07, 6.45) is 2.01. The highest BCUT2D eigenvalue weighted by molar-refractivity contribution is 7.87. The molecule has 2 aliphatic rings. The fraction of sp³-hybridized carbons (Fsp3) is 1.00.